The number of hydrazine groups is 1. The monoisotopic (exact) mass is 216 g/mol. The van der Waals surface area contributed by atoms with Gasteiger partial charge in [0.05, 0.1) is 0 Å². The zero-order chi connectivity index (χ0) is 11.9. The molecule has 0 saturated heterocycles. The maximum absolute atomic E-state index is 10.4. The van der Waals surface area contributed by atoms with E-state index in [4.69, 9.17) is 10.6 Å². The Morgan fingerprint density at radius 2 is 1.80 bits per heavy atom. The van der Waals surface area contributed by atoms with Crippen molar-refractivity contribution in [1.82, 2.24) is 5.43 Å². The first-order chi connectivity index (χ1) is 6.85. The summed E-state index contributed by atoms with van der Waals surface area (Å²) >= 11 is 0. The largest absolute Gasteiger partial charge is 0.443 e. The van der Waals surface area contributed by atoms with E-state index in [0.29, 0.717) is 0 Å². The van der Waals surface area contributed by atoms with E-state index in [0.717, 1.165) is 5.92 Å². The van der Waals surface area contributed by atoms with Gasteiger partial charge in [-0.25, -0.2) is 10.6 Å². The van der Waals surface area contributed by atoms with Crippen LogP contribution in [0, 0.1) is 5.92 Å². The molecule has 0 heterocycles. The Morgan fingerprint density at radius 1 is 1.33 bits per heavy atom. The fraction of sp³-hybridized carbons (Fsp3) is 0.909. The van der Waals surface area contributed by atoms with Crippen LogP contribution >= 0.6 is 0 Å². The summed E-state index contributed by atoms with van der Waals surface area (Å²) in [5.74, 6) is 5.80. The fourth-order valence-electron chi connectivity index (χ4n) is 1.44. The van der Waals surface area contributed by atoms with Crippen molar-refractivity contribution in [2.75, 3.05) is 0 Å². The third-order valence-corrected chi connectivity index (χ3v) is 2.16. The lowest BCUT2D eigenvalue weighted by Crippen LogP contribution is -2.36. The molecule has 90 valence electrons. The summed E-state index contributed by atoms with van der Waals surface area (Å²) in [6, 6.07) is 0. The molecule has 1 aliphatic rings. The first-order valence-electron chi connectivity index (χ1n) is 5.54. The van der Waals surface area contributed by atoms with E-state index in [2.05, 4.69) is 6.92 Å². The highest BCUT2D eigenvalue weighted by Crippen LogP contribution is 2.22. The number of nitrogens with one attached hydrogen (secondary N) is 1. The van der Waals surface area contributed by atoms with Gasteiger partial charge in [0.2, 0.25) is 0 Å². The van der Waals surface area contributed by atoms with Crippen molar-refractivity contribution in [2.24, 2.45) is 11.8 Å². The van der Waals surface area contributed by atoms with Gasteiger partial charge in [-0.15, -0.1) is 0 Å². The van der Waals surface area contributed by atoms with Crippen LogP contribution in [0.5, 0.6) is 0 Å². The smallest absolute Gasteiger partial charge is 0.421 e. The van der Waals surface area contributed by atoms with E-state index in [9.17, 15) is 4.79 Å². The van der Waals surface area contributed by atoms with Gasteiger partial charge in [0.25, 0.3) is 0 Å². The van der Waals surface area contributed by atoms with Crippen molar-refractivity contribution in [3.05, 3.63) is 0 Å². The summed E-state index contributed by atoms with van der Waals surface area (Å²) in [5.41, 5.74) is 1.39. The van der Waals surface area contributed by atoms with E-state index >= 15 is 0 Å². The third kappa shape index (κ3) is 9.53. The zero-order valence-electron chi connectivity index (χ0n) is 10.3. The fourth-order valence-corrected chi connectivity index (χ4v) is 1.44. The molecule has 15 heavy (non-hydrogen) atoms. The van der Waals surface area contributed by atoms with Gasteiger partial charge in [0.1, 0.15) is 5.60 Å². The van der Waals surface area contributed by atoms with E-state index < -0.39 is 11.7 Å². The summed E-state index contributed by atoms with van der Waals surface area (Å²) in [4.78, 5) is 10.4. The lowest BCUT2D eigenvalue weighted by Gasteiger charge is -2.18. The summed E-state index contributed by atoms with van der Waals surface area (Å²) in [7, 11) is 0. The van der Waals surface area contributed by atoms with Gasteiger partial charge in [-0.3, -0.25) is 5.43 Å². The molecule has 0 bridgehead atoms. The highest BCUT2D eigenvalue weighted by Gasteiger charge is 2.14. The molecule has 0 aromatic rings. The van der Waals surface area contributed by atoms with Crippen molar-refractivity contribution in [3.63, 3.8) is 0 Å². The summed E-state index contributed by atoms with van der Waals surface area (Å²) in [5, 5.41) is 0. The first-order valence-corrected chi connectivity index (χ1v) is 5.54. The first kappa shape index (κ1) is 14.2. The standard InChI is InChI=1S/C6H12.C5H12N2O2/c1-6-4-2-3-5-6;1-5(2,3)9-4(8)7-6/h6H,2-5H2,1H3;6H2,1-3H3,(H,7,8). The number of rotatable bonds is 0. The predicted octanol–water partition coefficient (Wildman–Crippen LogP) is 2.58. The van der Waals surface area contributed by atoms with Crippen LogP contribution in [0.15, 0.2) is 0 Å². The van der Waals surface area contributed by atoms with Gasteiger partial charge in [-0.2, -0.15) is 0 Å². The molecule has 0 aromatic carbocycles. The number of hydrogen-bond donors (Lipinski definition) is 2. The van der Waals surface area contributed by atoms with Crippen LogP contribution in [0.2, 0.25) is 0 Å². The van der Waals surface area contributed by atoms with Crippen LogP contribution in [0.1, 0.15) is 53.4 Å². The lowest BCUT2D eigenvalue weighted by molar-refractivity contribution is 0.0527. The maximum Gasteiger partial charge on any atom is 0.421 e. The number of ether oxygens (including phenoxy) is 1. The van der Waals surface area contributed by atoms with E-state index in [1.807, 2.05) is 5.43 Å². The number of hydrogen-bond acceptors (Lipinski definition) is 3. The van der Waals surface area contributed by atoms with Crippen LogP contribution in [-0.4, -0.2) is 11.7 Å². The molecule has 0 spiro atoms. The number of carbonyl (C=O) groups excluding carboxylic acids is 1. The molecule has 4 nitrogen and oxygen atoms in total. The molecular weight excluding hydrogens is 192 g/mol. The van der Waals surface area contributed by atoms with Crippen molar-refractivity contribution in [3.8, 4) is 0 Å². The number of carbonyl (C=O) groups is 1. The SMILES string of the molecule is CC(C)(C)OC(=O)NN.CC1CCCC1. The van der Waals surface area contributed by atoms with Gasteiger partial charge in [-0.1, -0.05) is 32.6 Å². The third-order valence-electron chi connectivity index (χ3n) is 2.16. The Kier molecular flexibility index (Phi) is 6.32. The van der Waals surface area contributed by atoms with Crippen LogP contribution in [0.3, 0.4) is 0 Å². The van der Waals surface area contributed by atoms with E-state index in [1.165, 1.54) is 25.7 Å². The average Bonchev–Trinajstić information content (AvgIpc) is 2.54. The Hall–Kier alpha value is -0.770. The second kappa shape index (κ2) is 6.67. The Balaban J connectivity index is 0.000000280. The molecular formula is C11H24N2O2. The molecule has 0 unspecified atom stereocenters. The summed E-state index contributed by atoms with van der Waals surface area (Å²) < 4.78 is 4.71. The molecule has 3 N–H and O–H groups in total. The topological polar surface area (TPSA) is 64.3 Å². The minimum Gasteiger partial charge on any atom is -0.443 e. The predicted molar refractivity (Wildman–Crippen MR) is 61.2 cm³/mol. The average molecular weight is 216 g/mol. The zero-order valence-corrected chi connectivity index (χ0v) is 10.3. The Morgan fingerprint density at radius 3 is 1.93 bits per heavy atom. The molecule has 0 radical (unpaired) electrons. The summed E-state index contributed by atoms with van der Waals surface area (Å²) in [6.07, 6.45) is 5.34. The number of nitrogens with two attached hydrogens (primary N) is 1. The van der Waals surface area contributed by atoms with Crippen molar-refractivity contribution >= 4 is 6.09 Å². The maximum atomic E-state index is 10.4. The van der Waals surface area contributed by atoms with Crippen LogP contribution in [0.25, 0.3) is 0 Å². The minimum atomic E-state index is -0.609. The summed E-state index contributed by atoms with van der Waals surface area (Å²) in [6.45, 7) is 7.64. The molecule has 1 aliphatic carbocycles. The quantitative estimate of drug-likeness (QED) is 0.371. The molecule has 0 atom stereocenters. The minimum absolute atomic E-state index is 0.469. The molecule has 1 amide bonds. The van der Waals surface area contributed by atoms with Crippen LogP contribution < -0.4 is 11.3 Å². The Labute approximate surface area is 92.5 Å². The highest BCUT2D eigenvalue weighted by atomic mass is 16.6. The molecule has 1 fully saturated rings. The van der Waals surface area contributed by atoms with Crippen LogP contribution in [0.4, 0.5) is 4.79 Å². The van der Waals surface area contributed by atoms with Gasteiger partial charge in [0.15, 0.2) is 0 Å². The number of amides is 1. The Bertz CT molecular complexity index is 182. The highest BCUT2D eigenvalue weighted by molar-refractivity contribution is 5.66. The molecule has 0 aliphatic heterocycles. The normalized spacial score (nSPS) is 16.6. The lowest BCUT2D eigenvalue weighted by atomic mass is 10.2. The van der Waals surface area contributed by atoms with E-state index in [1.54, 1.807) is 20.8 Å². The molecule has 0 aromatic heterocycles. The van der Waals surface area contributed by atoms with Gasteiger partial charge < -0.3 is 4.74 Å². The second-order valence-corrected chi connectivity index (χ2v) is 5.04. The van der Waals surface area contributed by atoms with Gasteiger partial charge in [0, 0.05) is 0 Å². The van der Waals surface area contributed by atoms with Gasteiger partial charge >= 0.3 is 6.09 Å². The second-order valence-electron chi connectivity index (χ2n) is 5.04. The van der Waals surface area contributed by atoms with E-state index in [-0.39, 0.29) is 0 Å². The van der Waals surface area contributed by atoms with Crippen molar-refractivity contribution in [1.29, 1.82) is 0 Å². The van der Waals surface area contributed by atoms with Crippen LogP contribution in [-0.2, 0) is 4.74 Å². The van der Waals surface area contributed by atoms with Crippen molar-refractivity contribution in [2.45, 2.75) is 59.0 Å². The molecule has 4 heteroatoms. The molecule has 1 saturated carbocycles. The van der Waals surface area contributed by atoms with Gasteiger partial charge in [-0.05, 0) is 26.7 Å². The van der Waals surface area contributed by atoms with Crippen molar-refractivity contribution < 1.29 is 9.53 Å². The molecule has 1 rings (SSSR count).